The Balaban J connectivity index is 2.13. The van der Waals surface area contributed by atoms with Gasteiger partial charge < -0.3 is 0 Å². The van der Waals surface area contributed by atoms with Crippen LogP contribution in [0.4, 0.5) is 0 Å². The number of aryl methyl sites for hydroxylation is 1. The van der Waals surface area contributed by atoms with Crippen molar-refractivity contribution in [1.82, 2.24) is 4.98 Å². The molecule has 1 aliphatic rings. The highest BCUT2D eigenvalue weighted by Crippen LogP contribution is 2.45. The summed E-state index contributed by atoms with van der Waals surface area (Å²) in [5, 5.41) is 1.07. The third kappa shape index (κ3) is 1.61. The normalized spacial score (nSPS) is 17.5. The fourth-order valence-corrected chi connectivity index (χ4v) is 3.26. The zero-order valence-electron chi connectivity index (χ0n) is 9.56. The number of hydrogen-bond acceptors (Lipinski definition) is 4. The van der Waals surface area contributed by atoms with E-state index in [0.717, 1.165) is 35.4 Å². The number of nitrogens with zero attached hydrogens (tertiary/aromatic N) is 2. The van der Waals surface area contributed by atoms with Crippen LogP contribution in [0.5, 0.6) is 0 Å². The topological polar surface area (TPSA) is 42.3 Å². The van der Waals surface area contributed by atoms with Gasteiger partial charge in [-0.3, -0.25) is 0 Å². The highest BCUT2D eigenvalue weighted by Gasteiger charge is 2.38. The fourth-order valence-electron chi connectivity index (χ4n) is 2.39. The molecule has 1 aromatic heterocycles. The lowest BCUT2D eigenvalue weighted by Crippen LogP contribution is -2.31. The highest BCUT2D eigenvalue weighted by molar-refractivity contribution is 7.18. The SMILES string of the molecule is Cc1nc2ccc(C3(N=C=O)CCC3)cc2s1. The summed E-state index contributed by atoms with van der Waals surface area (Å²) in [4.78, 5) is 19.0. The summed E-state index contributed by atoms with van der Waals surface area (Å²) in [6.07, 6.45) is 4.75. The van der Waals surface area contributed by atoms with Gasteiger partial charge in [0.2, 0.25) is 6.08 Å². The molecule has 2 aromatic rings. The first-order chi connectivity index (χ1) is 8.23. The molecule has 0 radical (unpaired) electrons. The Morgan fingerprint density at radius 1 is 1.47 bits per heavy atom. The summed E-state index contributed by atoms with van der Waals surface area (Å²) in [6, 6.07) is 6.19. The first-order valence-electron chi connectivity index (χ1n) is 5.70. The average molecular weight is 244 g/mol. The van der Waals surface area contributed by atoms with E-state index in [1.165, 1.54) is 4.70 Å². The van der Waals surface area contributed by atoms with E-state index in [1.807, 2.05) is 19.1 Å². The fraction of sp³-hybridized carbons (Fsp3) is 0.385. The molecule has 0 bridgehead atoms. The maximum atomic E-state index is 10.6. The summed E-state index contributed by atoms with van der Waals surface area (Å²) in [5.41, 5.74) is 1.86. The van der Waals surface area contributed by atoms with Crippen LogP contribution in [0.1, 0.15) is 29.8 Å². The van der Waals surface area contributed by atoms with Gasteiger partial charge in [0.25, 0.3) is 0 Å². The van der Waals surface area contributed by atoms with Gasteiger partial charge in [-0.1, -0.05) is 6.07 Å². The van der Waals surface area contributed by atoms with Gasteiger partial charge >= 0.3 is 0 Å². The van der Waals surface area contributed by atoms with Gasteiger partial charge in [0.15, 0.2) is 0 Å². The molecular weight excluding hydrogens is 232 g/mol. The molecule has 1 heterocycles. The van der Waals surface area contributed by atoms with E-state index in [0.29, 0.717) is 0 Å². The van der Waals surface area contributed by atoms with Crippen LogP contribution in [-0.4, -0.2) is 11.1 Å². The number of aromatic nitrogens is 1. The number of thiazole rings is 1. The van der Waals surface area contributed by atoms with Gasteiger partial charge in [0.1, 0.15) is 0 Å². The van der Waals surface area contributed by atoms with E-state index in [2.05, 4.69) is 16.0 Å². The number of fused-ring (bicyclic) bond motifs is 1. The van der Waals surface area contributed by atoms with E-state index in [1.54, 1.807) is 17.4 Å². The van der Waals surface area contributed by atoms with Gasteiger partial charge in [-0.2, -0.15) is 4.99 Å². The van der Waals surface area contributed by atoms with E-state index in [4.69, 9.17) is 0 Å². The van der Waals surface area contributed by atoms with Crippen molar-refractivity contribution >= 4 is 27.6 Å². The number of isocyanates is 1. The monoisotopic (exact) mass is 244 g/mol. The zero-order valence-corrected chi connectivity index (χ0v) is 10.4. The number of benzene rings is 1. The molecule has 1 saturated carbocycles. The molecule has 0 unspecified atom stereocenters. The highest BCUT2D eigenvalue weighted by atomic mass is 32.1. The average Bonchev–Trinajstić information content (AvgIpc) is 2.62. The molecule has 1 fully saturated rings. The molecule has 0 spiro atoms. The quantitative estimate of drug-likeness (QED) is 0.600. The molecule has 86 valence electrons. The molecule has 3 nitrogen and oxygen atoms in total. The number of aliphatic imine (C=N–C) groups is 1. The summed E-state index contributed by atoms with van der Waals surface area (Å²) >= 11 is 1.68. The van der Waals surface area contributed by atoms with Crippen LogP contribution in [0.15, 0.2) is 23.2 Å². The molecular formula is C13H12N2OS. The molecule has 0 atom stereocenters. The van der Waals surface area contributed by atoms with Crippen LogP contribution in [0.2, 0.25) is 0 Å². The molecule has 0 amide bonds. The van der Waals surface area contributed by atoms with Gasteiger partial charge in [-0.05, 0) is 43.9 Å². The molecule has 0 saturated heterocycles. The maximum absolute atomic E-state index is 10.6. The molecule has 0 N–H and O–H groups in total. The van der Waals surface area contributed by atoms with Crippen LogP contribution >= 0.6 is 11.3 Å². The smallest absolute Gasteiger partial charge is 0.235 e. The van der Waals surface area contributed by atoms with Crippen molar-refractivity contribution in [3.8, 4) is 0 Å². The minimum atomic E-state index is -0.298. The largest absolute Gasteiger partial charge is 0.242 e. The van der Waals surface area contributed by atoms with Crippen molar-refractivity contribution < 1.29 is 4.79 Å². The van der Waals surface area contributed by atoms with E-state index < -0.39 is 0 Å². The van der Waals surface area contributed by atoms with Crippen LogP contribution in [0.3, 0.4) is 0 Å². The number of rotatable bonds is 2. The predicted molar refractivity (Wildman–Crippen MR) is 68.0 cm³/mol. The van der Waals surface area contributed by atoms with Gasteiger partial charge in [-0.25, -0.2) is 9.78 Å². The first kappa shape index (κ1) is 10.6. The van der Waals surface area contributed by atoms with E-state index >= 15 is 0 Å². The van der Waals surface area contributed by atoms with Crippen LogP contribution in [0.25, 0.3) is 10.2 Å². The van der Waals surface area contributed by atoms with Crippen molar-refractivity contribution in [3.05, 3.63) is 28.8 Å². The van der Waals surface area contributed by atoms with Crippen LogP contribution in [-0.2, 0) is 10.3 Å². The van der Waals surface area contributed by atoms with Crippen molar-refractivity contribution in [2.75, 3.05) is 0 Å². The Kier molecular flexibility index (Phi) is 2.35. The van der Waals surface area contributed by atoms with Crippen molar-refractivity contribution in [1.29, 1.82) is 0 Å². The van der Waals surface area contributed by atoms with Gasteiger partial charge in [0.05, 0.1) is 20.8 Å². The van der Waals surface area contributed by atoms with Crippen LogP contribution in [0, 0.1) is 6.92 Å². The van der Waals surface area contributed by atoms with Gasteiger partial charge in [0, 0.05) is 0 Å². The van der Waals surface area contributed by atoms with Crippen molar-refractivity contribution in [2.45, 2.75) is 31.7 Å². The Morgan fingerprint density at radius 2 is 2.29 bits per heavy atom. The third-order valence-electron chi connectivity index (χ3n) is 3.47. The molecule has 3 rings (SSSR count). The van der Waals surface area contributed by atoms with E-state index in [9.17, 15) is 4.79 Å². The first-order valence-corrected chi connectivity index (χ1v) is 6.52. The lowest BCUT2D eigenvalue weighted by molar-refractivity contribution is 0.256. The lowest BCUT2D eigenvalue weighted by atomic mass is 9.72. The Labute approximate surface area is 103 Å². The Hall–Kier alpha value is -1.51. The zero-order chi connectivity index (χ0) is 11.9. The standard InChI is InChI=1S/C13H12N2OS/c1-9-15-11-4-3-10(7-12(11)17-9)13(14-8-16)5-2-6-13/h3-4,7H,2,5-6H2,1H3. The molecule has 4 heteroatoms. The Bertz CT molecular complexity index is 621. The molecule has 1 aliphatic carbocycles. The maximum Gasteiger partial charge on any atom is 0.235 e. The lowest BCUT2D eigenvalue weighted by Gasteiger charge is -2.37. The molecule has 1 aromatic carbocycles. The second kappa shape index (κ2) is 3.76. The van der Waals surface area contributed by atoms with Crippen molar-refractivity contribution in [2.24, 2.45) is 4.99 Å². The number of hydrogen-bond donors (Lipinski definition) is 0. The minimum absolute atomic E-state index is 0.298. The Morgan fingerprint density at radius 3 is 2.94 bits per heavy atom. The third-order valence-corrected chi connectivity index (χ3v) is 4.41. The van der Waals surface area contributed by atoms with Gasteiger partial charge in [-0.15, -0.1) is 11.3 Å². The summed E-state index contributed by atoms with van der Waals surface area (Å²) in [7, 11) is 0. The second-order valence-corrected chi connectivity index (χ2v) is 5.74. The number of carbonyl (C=O) groups excluding carboxylic acids is 1. The second-order valence-electron chi connectivity index (χ2n) is 4.50. The minimum Gasteiger partial charge on any atom is -0.242 e. The predicted octanol–water partition coefficient (Wildman–Crippen LogP) is 3.32. The van der Waals surface area contributed by atoms with Crippen LogP contribution < -0.4 is 0 Å². The summed E-state index contributed by atoms with van der Waals surface area (Å²) < 4.78 is 1.17. The van der Waals surface area contributed by atoms with E-state index in [-0.39, 0.29) is 5.54 Å². The molecule has 0 aliphatic heterocycles. The summed E-state index contributed by atoms with van der Waals surface area (Å²) in [6.45, 7) is 2.01. The summed E-state index contributed by atoms with van der Waals surface area (Å²) in [5.74, 6) is 0. The molecule has 17 heavy (non-hydrogen) atoms. The van der Waals surface area contributed by atoms with Crippen molar-refractivity contribution in [3.63, 3.8) is 0 Å².